The zero-order valence-electron chi connectivity index (χ0n) is 17.9. The molecule has 1 atom stereocenters. The average molecular weight is 449 g/mol. The summed E-state index contributed by atoms with van der Waals surface area (Å²) in [6.07, 6.45) is 3.25. The summed E-state index contributed by atoms with van der Waals surface area (Å²) in [5, 5.41) is 2.56. The molecule has 3 aromatic rings. The molecule has 32 heavy (non-hydrogen) atoms. The SMILES string of the molecule is CCCCc1ccc(C(=O)Nc2ccccc2[C@@H]2SCC(=O)N2c2ccccc2F)cc1. The molecule has 1 heterocycles. The van der Waals surface area contributed by atoms with Gasteiger partial charge in [-0.1, -0.05) is 55.8 Å². The van der Waals surface area contributed by atoms with Crippen molar-refractivity contribution in [2.45, 2.75) is 31.6 Å². The highest BCUT2D eigenvalue weighted by molar-refractivity contribution is 8.00. The molecule has 4 nitrogen and oxygen atoms in total. The second-order valence-electron chi connectivity index (χ2n) is 7.72. The Morgan fingerprint density at radius 1 is 1.06 bits per heavy atom. The lowest BCUT2D eigenvalue weighted by atomic mass is 10.1. The summed E-state index contributed by atoms with van der Waals surface area (Å²) in [4.78, 5) is 27.0. The molecule has 0 saturated carbocycles. The number of aryl methyl sites for hydroxylation is 1. The number of carbonyl (C=O) groups excluding carboxylic acids is 2. The highest BCUT2D eigenvalue weighted by Crippen LogP contribution is 2.44. The molecule has 164 valence electrons. The first kappa shape index (κ1) is 22.1. The maximum Gasteiger partial charge on any atom is 0.255 e. The molecule has 0 unspecified atom stereocenters. The molecule has 1 fully saturated rings. The van der Waals surface area contributed by atoms with E-state index in [0.29, 0.717) is 11.3 Å². The van der Waals surface area contributed by atoms with Crippen molar-refractivity contribution < 1.29 is 14.0 Å². The van der Waals surface area contributed by atoms with Crippen molar-refractivity contribution in [1.29, 1.82) is 0 Å². The van der Waals surface area contributed by atoms with Crippen LogP contribution in [-0.4, -0.2) is 17.6 Å². The number of thioether (sulfide) groups is 1. The lowest BCUT2D eigenvalue weighted by Crippen LogP contribution is -2.29. The molecule has 2 amide bonds. The third kappa shape index (κ3) is 4.70. The van der Waals surface area contributed by atoms with E-state index in [1.165, 1.54) is 28.3 Å². The number of benzene rings is 3. The third-order valence-electron chi connectivity index (χ3n) is 5.49. The Bertz CT molecular complexity index is 1120. The fourth-order valence-corrected chi connectivity index (χ4v) is 4.99. The summed E-state index contributed by atoms with van der Waals surface area (Å²) in [5.41, 5.74) is 3.41. The Labute approximate surface area is 191 Å². The van der Waals surface area contributed by atoms with Crippen molar-refractivity contribution in [3.8, 4) is 0 Å². The first-order valence-electron chi connectivity index (χ1n) is 10.8. The number of para-hydroxylation sites is 2. The van der Waals surface area contributed by atoms with E-state index in [1.807, 2.05) is 48.5 Å². The molecule has 0 radical (unpaired) electrons. The van der Waals surface area contributed by atoms with E-state index in [0.717, 1.165) is 24.8 Å². The summed E-state index contributed by atoms with van der Waals surface area (Å²) >= 11 is 1.42. The molecule has 0 spiro atoms. The second-order valence-corrected chi connectivity index (χ2v) is 8.79. The van der Waals surface area contributed by atoms with E-state index < -0.39 is 11.2 Å². The van der Waals surface area contributed by atoms with Crippen molar-refractivity contribution >= 4 is 35.0 Å². The summed E-state index contributed by atoms with van der Waals surface area (Å²) in [5.74, 6) is -0.571. The van der Waals surface area contributed by atoms with Crippen molar-refractivity contribution in [2.24, 2.45) is 0 Å². The number of hydrogen-bond acceptors (Lipinski definition) is 3. The standard InChI is InChI=1S/C26H25FN2O2S/c1-2-3-8-18-13-15-19(16-14-18)25(31)28-22-11-6-4-9-20(22)26-29(24(30)17-32-26)23-12-7-5-10-21(23)27/h4-7,9-16,26H,2-3,8,17H2,1H3,(H,28,31)/t26-/m0/s1. The molecule has 0 aliphatic carbocycles. The van der Waals surface area contributed by atoms with Crippen molar-refractivity contribution in [2.75, 3.05) is 16.0 Å². The number of nitrogens with zero attached hydrogens (tertiary/aromatic N) is 1. The van der Waals surface area contributed by atoms with Crippen LogP contribution in [0.1, 0.15) is 46.6 Å². The van der Waals surface area contributed by atoms with Crippen LogP contribution >= 0.6 is 11.8 Å². The molecule has 1 aliphatic rings. The van der Waals surface area contributed by atoms with Crippen molar-refractivity contribution in [3.05, 3.63) is 95.3 Å². The number of halogens is 1. The molecule has 0 bridgehead atoms. The zero-order valence-corrected chi connectivity index (χ0v) is 18.7. The Morgan fingerprint density at radius 3 is 2.53 bits per heavy atom. The molecule has 3 aromatic carbocycles. The van der Waals surface area contributed by atoms with Crippen molar-refractivity contribution in [1.82, 2.24) is 0 Å². The van der Waals surface area contributed by atoms with Gasteiger partial charge in [0.25, 0.3) is 5.91 Å². The van der Waals surface area contributed by atoms with E-state index in [4.69, 9.17) is 0 Å². The fraction of sp³-hybridized carbons (Fsp3) is 0.231. The third-order valence-corrected chi connectivity index (χ3v) is 6.68. The highest BCUT2D eigenvalue weighted by atomic mass is 32.2. The molecular formula is C26H25FN2O2S. The van der Waals surface area contributed by atoms with Crippen LogP contribution < -0.4 is 10.2 Å². The molecular weight excluding hydrogens is 423 g/mol. The van der Waals surface area contributed by atoms with Crippen LogP contribution in [0.4, 0.5) is 15.8 Å². The average Bonchev–Trinajstić information content (AvgIpc) is 3.19. The van der Waals surface area contributed by atoms with Gasteiger partial charge < -0.3 is 5.32 Å². The first-order valence-corrected chi connectivity index (χ1v) is 11.8. The van der Waals surface area contributed by atoms with E-state index in [-0.39, 0.29) is 23.3 Å². The largest absolute Gasteiger partial charge is 0.322 e. The van der Waals surface area contributed by atoms with Gasteiger partial charge in [-0.25, -0.2) is 4.39 Å². The molecule has 1 saturated heterocycles. The number of anilines is 2. The molecule has 6 heteroatoms. The monoisotopic (exact) mass is 448 g/mol. The van der Waals surface area contributed by atoms with E-state index >= 15 is 0 Å². The summed E-state index contributed by atoms with van der Waals surface area (Å²) in [7, 11) is 0. The minimum Gasteiger partial charge on any atom is -0.322 e. The van der Waals surface area contributed by atoms with Crippen LogP contribution in [0, 0.1) is 5.82 Å². The maximum atomic E-state index is 14.5. The number of rotatable bonds is 7. The van der Waals surface area contributed by atoms with Gasteiger partial charge in [-0.2, -0.15) is 0 Å². The smallest absolute Gasteiger partial charge is 0.255 e. The summed E-state index contributed by atoms with van der Waals surface area (Å²) in [6, 6.07) is 21.3. The van der Waals surface area contributed by atoms with Gasteiger partial charge in [0.2, 0.25) is 5.91 Å². The second kappa shape index (κ2) is 10.0. The van der Waals surface area contributed by atoms with Crippen LogP contribution in [0.5, 0.6) is 0 Å². The topological polar surface area (TPSA) is 49.4 Å². The Kier molecular flexibility index (Phi) is 6.90. The molecule has 1 aliphatic heterocycles. The minimum absolute atomic E-state index is 0.158. The Morgan fingerprint density at radius 2 is 1.78 bits per heavy atom. The van der Waals surface area contributed by atoms with E-state index in [1.54, 1.807) is 18.2 Å². The number of unbranched alkanes of at least 4 members (excludes halogenated alkanes) is 1. The number of nitrogens with one attached hydrogen (secondary N) is 1. The normalized spacial score (nSPS) is 15.8. The van der Waals surface area contributed by atoms with Crippen LogP contribution in [-0.2, 0) is 11.2 Å². The highest BCUT2D eigenvalue weighted by Gasteiger charge is 2.36. The lowest BCUT2D eigenvalue weighted by Gasteiger charge is -2.26. The van der Waals surface area contributed by atoms with Crippen LogP contribution in [0.25, 0.3) is 0 Å². The van der Waals surface area contributed by atoms with Gasteiger partial charge in [0.15, 0.2) is 0 Å². The number of carbonyl (C=O) groups is 2. The first-order chi connectivity index (χ1) is 15.6. The molecule has 4 rings (SSSR count). The van der Waals surface area contributed by atoms with E-state index in [9.17, 15) is 14.0 Å². The summed E-state index contributed by atoms with van der Waals surface area (Å²) in [6.45, 7) is 2.16. The van der Waals surface area contributed by atoms with Crippen LogP contribution in [0.15, 0.2) is 72.8 Å². The fourth-order valence-electron chi connectivity index (χ4n) is 3.79. The van der Waals surface area contributed by atoms with Gasteiger partial charge in [0, 0.05) is 16.8 Å². The molecule has 0 aromatic heterocycles. The van der Waals surface area contributed by atoms with E-state index in [2.05, 4.69) is 12.2 Å². The van der Waals surface area contributed by atoms with Crippen LogP contribution in [0.3, 0.4) is 0 Å². The lowest BCUT2D eigenvalue weighted by molar-refractivity contribution is -0.115. The zero-order chi connectivity index (χ0) is 22.5. The summed E-state index contributed by atoms with van der Waals surface area (Å²) < 4.78 is 14.5. The predicted molar refractivity (Wildman–Crippen MR) is 129 cm³/mol. The van der Waals surface area contributed by atoms with Gasteiger partial charge in [-0.3, -0.25) is 14.5 Å². The van der Waals surface area contributed by atoms with Gasteiger partial charge in [0.1, 0.15) is 11.2 Å². The van der Waals surface area contributed by atoms with Gasteiger partial charge >= 0.3 is 0 Å². The Hall–Kier alpha value is -3.12. The Balaban J connectivity index is 1.58. The van der Waals surface area contributed by atoms with Gasteiger partial charge in [-0.05, 0) is 48.7 Å². The van der Waals surface area contributed by atoms with Gasteiger partial charge in [0.05, 0.1) is 11.4 Å². The quantitative estimate of drug-likeness (QED) is 0.468. The molecule has 1 N–H and O–H groups in total. The number of amides is 2. The number of hydrogen-bond donors (Lipinski definition) is 1. The van der Waals surface area contributed by atoms with Crippen molar-refractivity contribution in [3.63, 3.8) is 0 Å². The minimum atomic E-state index is -0.446. The van der Waals surface area contributed by atoms with Gasteiger partial charge in [-0.15, -0.1) is 11.8 Å². The van der Waals surface area contributed by atoms with Crippen LogP contribution in [0.2, 0.25) is 0 Å². The predicted octanol–water partition coefficient (Wildman–Crippen LogP) is 6.20. The maximum absolute atomic E-state index is 14.5.